The molecule has 0 aliphatic rings. The first-order chi connectivity index (χ1) is 7.99. The molecule has 1 heterocycles. The van der Waals surface area contributed by atoms with Gasteiger partial charge < -0.3 is 10.5 Å². The zero-order chi connectivity index (χ0) is 12.6. The van der Waals surface area contributed by atoms with E-state index in [4.69, 9.17) is 10.5 Å². The third kappa shape index (κ3) is 1.99. The first-order valence-electron chi connectivity index (χ1n) is 5.09. The van der Waals surface area contributed by atoms with E-state index in [1.165, 1.54) is 24.6 Å². The molecule has 5 heteroatoms. The van der Waals surface area contributed by atoms with Crippen molar-refractivity contribution in [1.29, 1.82) is 0 Å². The number of ether oxygens (including phenoxy) is 1. The van der Waals surface area contributed by atoms with Crippen LogP contribution in [0.5, 0.6) is 5.75 Å². The Labute approximate surface area is 97.8 Å². The van der Waals surface area contributed by atoms with Gasteiger partial charge in [0.05, 0.1) is 11.7 Å². The Hall–Kier alpha value is -2.30. The van der Waals surface area contributed by atoms with Gasteiger partial charge in [-0.2, -0.15) is 0 Å². The van der Waals surface area contributed by atoms with Crippen LogP contribution in [0.15, 0.2) is 24.4 Å². The van der Waals surface area contributed by atoms with Crippen molar-refractivity contribution in [2.45, 2.75) is 13.8 Å². The normalized spacial score (nSPS) is 10.5. The van der Waals surface area contributed by atoms with Crippen LogP contribution in [-0.4, -0.2) is 16.4 Å². The van der Waals surface area contributed by atoms with Gasteiger partial charge in [0, 0.05) is 24.9 Å². The molecule has 0 aliphatic heterocycles. The monoisotopic (exact) mass is 232 g/mol. The number of carbonyl (C=O) groups excluding carboxylic acids is 2. The Balaban J connectivity index is 2.70. The fraction of sp³-hybridized carbons (Fsp3) is 0.167. The molecule has 2 aromatic rings. The summed E-state index contributed by atoms with van der Waals surface area (Å²) in [6.45, 7) is 2.74. The van der Waals surface area contributed by atoms with Crippen LogP contribution in [0.4, 0.5) is 5.69 Å². The highest BCUT2D eigenvalue weighted by Gasteiger charge is 2.13. The van der Waals surface area contributed by atoms with Gasteiger partial charge in [-0.05, 0) is 18.2 Å². The van der Waals surface area contributed by atoms with E-state index in [0.717, 1.165) is 0 Å². The van der Waals surface area contributed by atoms with Gasteiger partial charge in [0.2, 0.25) is 5.91 Å². The third-order valence-electron chi connectivity index (χ3n) is 2.39. The van der Waals surface area contributed by atoms with Crippen LogP contribution < -0.4 is 10.5 Å². The SMILES string of the molecule is CC(=O)Oc1cn(C(C)=O)c2cc(N)ccc12. The number of benzene rings is 1. The number of hydrogen-bond acceptors (Lipinski definition) is 4. The minimum absolute atomic E-state index is 0.168. The van der Waals surface area contributed by atoms with Crippen LogP contribution in [0.2, 0.25) is 0 Å². The summed E-state index contributed by atoms with van der Waals surface area (Å²) in [5.41, 5.74) is 6.85. The van der Waals surface area contributed by atoms with Crippen molar-refractivity contribution in [2.75, 3.05) is 5.73 Å². The maximum Gasteiger partial charge on any atom is 0.308 e. The number of nitrogens with two attached hydrogens (primary N) is 1. The van der Waals surface area contributed by atoms with E-state index in [-0.39, 0.29) is 5.91 Å². The molecule has 0 saturated carbocycles. The second-order valence-electron chi connectivity index (χ2n) is 3.75. The topological polar surface area (TPSA) is 74.3 Å². The molecule has 17 heavy (non-hydrogen) atoms. The highest BCUT2D eigenvalue weighted by Crippen LogP contribution is 2.29. The molecule has 0 fully saturated rings. The molecular formula is C12H12N2O3. The van der Waals surface area contributed by atoms with Crippen molar-refractivity contribution < 1.29 is 14.3 Å². The smallest absolute Gasteiger partial charge is 0.308 e. The fourth-order valence-electron chi connectivity index (χ4n) is 1.71. The van der Waals surface area contributed by atoms with Crippen LogP contribution >= 0.6 is 0 Å². The standard InChI is InChI=1S/C12H12N2O3/c1-7(15)14-6-12(17-8(2)16)10-4-3-9(13)5-11(10)14/h3-6H,13H2,1-2H3. The Kier molecular flexibility index (Phi) is 2.59. The summed E-state index contributed by atoms with van der Waals surface area (Å²) in [5.74, 6) is -0.230. The summed E-state index contributed by atoms with van der Waals surface area (Å²) in [7, 11) is 0. The molecule has 0 bridgehead atoms. The molecule has 2 N–H and O–H groups in total. The van der Waals surface area contributed by atoms with Gasteiger partial charge in [-0.1, -0.05) is 0 Å². The van der Waals surface area contributed by atoms with Crippen molar-refractivity contribution in [2.24, 2.45) is 0 Å². The Morgan fingerprint density at radius 3 is 2.59 bits per heavy atom. The molecule has 1 aromatic heterocycles. The Morgan fingerprint density at radius 2 is 2.00 bits per heavy atom. The summed E-state index contributed by atoms with van der Waals surface area (Å²) >= 11 is 0. The maximum atomic E-state index is 11.5. The number of rotatable bonds is 1. The first-order valence-corrected chi connectivity index (χ1v) is 5.09. The number of hydrogen-bond donors (Lipinski definition) is 1. The Bertz CT molecular complexity index is 613. The maximum absolute atomic E-state index is 11.5. The van der Waals surface area contributed by atoms with Gasteiger partial charge in [0.1, 0.15) is 0 Å². The number of nitrogens with zero attached hydrogens (tertiary/aromatic N) is 1. The second kappa shape index (κ2) is 3.93. The number of aromatic nitrogens is 1. The molecule has 0 saturated heterocycles. The average molecular weight is 232 g/mol. The fourth-order valence-corrected chi connectivity index (χ4v) is 1.71. The van der Waals surface area contributed by atoms with Gasteiger partial charge in [-0.15, -0.1) is 0 Å². The molecule has 0 aliphatic carbocycles. The van der Waals surface area contributed by atoms with Crippen LogP contribution in [0.25, 0.3) is 10.9 Å². The van der Waals surface area contributed by atoms with Gasteiger partial charge in [0.15, 0.2) is 5.75 Å². The summed E-state index contributed by atoms with van der Waals surface area (Å²) in [4.78, 5) is 22.4. The van der Waals surface area contributed by atoms with E-state index >= 15 is 0 Å². The molecule has 0 amide bonds. The number of fused-ring (bicyclic) bond motifs is 1. The van der Waals surface area contributed by atoms with Gasteiger partial charge in [0.25, 0.3) is 0 Å². The van der Waals surface area contributed by atoms with Crippen LogP contribution in [0, 0.1) is 0 Å². The summed E-state index contributed by atoms with van der Waals surface area (Å²) in [6.07, 6.45) is 1.49. The lowest BCUT2D eigenvalue weighted by molar-refractivity contribution is -0.131. The predicted octanol–water partition coefficient (Wildman–Crippen LogP) is 1.81. The Morgan fingerprint density at radius 1 is 1.29 bits per heavy atom. The van der Waals surface area contributed by atoms with E-state index in [0.29, 0.717) is 22.3 Å². The molecule has 0 radical (unpaired) electrons. The molecule has 5 nitrogen and oxygen atoms in total. The average Bonchev–Trinajstić information content (AvgIpc) is 2.55. The van der Waals surface area contributed by atoms with Crippen LogP contribution in [0.3, 0.4) is 0 Å². The van der Waals surface area contributed by atoms with Crippen molar-refractivity contribution in [1.82, 2.24) is 4.57 Å². The van der Waals surface area contributed by atoms with E-state index < -0.39 is 5.97 Å². The summed E-state index contributed by atoms with van der Waals surface area (Å²) in [6, 6.07) is 5.09. The van der Waals surface area contributed by atoms with Gasteiger partial charge >= 0.3 is 5.97 Å². The quantitative estimate of drug-likeness (QED) is 0.601. The first kappa shape index (κ1) is 11.2. The van der Waals surface area contributed by atoms with Crippen LogP contribution in [-0.2, 0) is 4.79 Å². The van der Waals surface area contributed by atoms with Crippen molar-refractivity contribution in [3.8, 4) is 5.75 Å². The van der Waals surface area contributed by atoms with E-state index in [9.17, 15) is 9.59 Å². The van der Waals surface area contributed by atoms with E-state index in [1.807, 2.05) is 0 Å². The van der Waals surface area contributed by atoms with Crippen molar-refractivity contribution >= 4 is 28.5 Å². The third-order valence-corrected chi connectivity index (χ3v) is 2.39. The van der Waals surface area contributed by atoms with Crippen LogP contribution in [0.1, 0.15) is 18.6 Å². The number of carbonyl (C=O) groups is 2. The minimum Gasteiger partial charge on any atom is -0.424 e. The van der Waals surface area contributed by atoms with E-state index in [1.54, 1.807) is 18.2 Å². The number of anilines is 1. The second-order valence-corrected chi connectivity index (χ2v) is 3.75. The lowest BCUT2D eigenvalue weighted by Crippen LogP contribution is -2.04. The lowest BCUT2D eigenvalue weighted by atomic mass is 10.2. The predicted molar refractivity (Wildman–Crippen MR) is 64.0 cm³/mol. The van der Waals surface area contributed by atoms with Crippen molar-refractivity contribution in [3.05, 3.63) is 24.4 Å². The molecular weight excluding hydrogens is 220 g/mol. The zero-order valence-electron chi connectivity index (χ0n) is 9.56. The molecule has 0 unspecified atom stereocenters. The largest absolute Gasteiger partial charge is 0.424 e. The highest BCUT2D eigenvalue weighted by molar-refractivity contribution is 5.97. The van der Waals surface area contributed by atoms with Gasteiger partial charge in [-0.3, -0.25) is 14.2 Å². The number of nitrogen functional groups attached to an aromatic ring is 1. The molecule has 0 spiro atoms. The minimum atomic E-state index is -0.426. The molecule has 88 valence electrons. The summed E-state index contributed by atoms with van der Waals surface area (Å²) < 4.78 is 6.45. The lowest BCUT2D eigenvalue weighted by Gasteiger charge is -1.99. The molecule has 1 aromatic carbocycles. The summed E-state index contributed by atoms with van der Waals surface area (Å²) in [5, 5.41) is 0.685. The number of esters is 1. The molecule has 2 rings (SSSR count). The van der Waals surface area contributed by atoms with Crippen molar-refractivity contribution in [3.63, 3.8) is 0 Å². The van der Waals surface area contributed by atoms with Gasteiger partial charge in [-0.25, -0.2) is 0 Å². The highest BCUT2D eigenvalue weighted by atomic mass is 16.5. The zero-order valence-corrected chi connectivity index (χ0v) is 9.56. The van der Waals surface area contributed by atoms with E-state index in [2.05, 4.69) is 0 Å². The molecule has 0 atom stereocenters.